The van der Waals surface area contributed by atoms with Crippen molar-refractivity contribution < 1.29 is 19.1 Å². The Labute approximate surface area is 317 Å². The number of likely N-dealkylation sites (tertiary alicyclic amines) is 1. The summed E-state index contributed by atoms with van der Waals surface area (Å²) in [5.74, 6) is 0.0640. The van der Waals surface area contributed by atoms with Crippen molar-refractivity contribution >= 4 is 41.2 Å². The fraction of sp³-hybridized carbons (Fsp3) is 0.419. The Morgan fingerprint density at radius 3 is 2.39 bits per heavy atom. The van der Waals surface area contributed by atoms with Gasteiger partial charge in [0.05, 0.1) is 5.71 Å². The first-order valence-electron chi connectivity index (χ1n) is 19.0. The third-order valence-corrected chi connectivity index (χ3v) is 10.9. The summed E-state index contributed by atoms with van der Waals surface area (Å²) in [5, 5.41) is 15.2. The number of hydrogen-bond acceptors (Lipinski definition) is 9. The lowest BCUT2D eigenvalue weighted by Crippen LogP contribution is -2.47. The van der Waals surface area contributed by atoms with Crippen LogP contribution in [0.5, 0.6) is 0 Å². The highest BCUT2D eigenvalue weighted by atomic mass is 16.6. The first kappa shape index (κ1) is 37.0. The minimum absolute atomic E-state index is 0.201. The number of fused-ring (bicyclic) bond motifs is 1. The van der Waals surface area contributed by atoms with Gasteiger partial charge in [-0.1, -0.05) is 48.5 Å². The number of nitrogens with zero attached hydrogens (tertiary/aromatic N) is 4. The van der Waals surface area contributed by atoms with Crippen LogP contribution in [-0.2, 0) is 27.4 Å². The molecule has 282 valence electrons. The number of aliphatic imine (C=N–C) groups is 1. The second-order valence-corrected chi connectivity index (χ2v) is 16.2. The van der Waals surface area contributed by atoms with Crippen LogP contribution in [0.3, 0.4) is 0 Å². The van der Waals surface area contributed by atoms with Gasteiger partial charge in [-0.05, 0) is 130 Å². The Morgan fingerprint density at radius 1 is 0.981 bits per heavy atom. The second kappa shape index (κ2) is 15.2. The maximum absolute atomic E-state index is 12.2. The van der Waals surface area contributed by atoms with E-state index in [1.54, 1.807) is 6.34 Å². The minimum atomic E-state index is -0.542. The third kappa shape index (κ3) is 8.41. The molecule has 4 aliphatic rings. The number of ether oxygens (including phenoxy) is 1. The Morgan fingerprint density at radius 2 is 1.70 bits per heavy atom. The topological polar surface area (TPSA) is 128 Å². The van der Waals surface area contributed by atoms with E-state index in [1.807, 2.05) is 37.9 Å². The van der Waals surface area contributed by atoms with Crippen molar-refractivity contribution in [3.05, 3.63) is 106 Å². The number of alkyl carbamates (subject to hydrolysis) is 1. The van der Waals surface area contributed by atoms with Gasteiger partial charge in [-0.15, -0.1) is 0 Å². The van der Waals surface area contributed by atoms with Crippen LogP contribution in [0.25, 0.3) is 5.57 Å². The van der Waals surface area contributed by atoms with Gasteiger partial charge in [0.1, 0.15) is 23.5 Å². The van der Waals surface area contributed by atoms with Crippen LogP contribution in [0.4, 0.5) is 10.5 Å². The van der Waals surface area contributed by atoms with Crippen LogP contribution in [0.15, 0.2) is 83.0 Å². The largest absolute Gasteiger partial charge is 0.444 e. The maximum Gasteiger partial charge on any atom is 0.407 e. The minimum Gasteiger partial charge on any atom is -0.444 e. The van der Waals surface area contributed by atoms with E-state index >= 15 is 0 Å². The predicted octanol–water partition coefficient (Wildman–Crippen LogP) is 6.87. The molecule has 0 saturated carbocycles. The molecule has 7 rings (SSSR count). The van der Waals surface area contributed by atoms with Gasteiger partial charge in [0, 0.05) is 37.8 Å². The molecule has 0 spiro atoms. The standard InChI is InChI=1S/C43H51N7O4/c1-28-22-33(10-11-34(28)24-44-41(53)54-42(2,3)4)39-43(5)23-35(26-50(43)46-27-45-39)31-8-6-29(7-9-31)25-49-20-18-32(19-21-49)30-12-14-36(15-13-30)47-37-16-17-38(51)48-40(37)52/h6-15,22,26-27,32,37,47H,16-21,23-25H2,1-5H3,(H,44,53)(H,48,51,52). The summed E-state index contributed by atoms with van der Waals surface area (Å²) in [6.07, 6.45) is 7.23. The summed E-state index contributed by atoms with van der Waals surface area (Å²) in [6.45, 7) is 13.2. The number of benzene rings is 3. The van der Waals surface area contributed by atoms with Crippen molar-refractivity contribution in [3.8, 4) is 0 Å². The summed E-state index contributed by atoms with van der Waals surface area (Å²) >= 11 is 0. The predicted molar refractivity (Wildman–Crippen MR) is 212 cm³/mol. The molecule has 4 heterocycles. The molecule has 3 aromatic rings. The molecule has 2 fully saturated rings. The maximum atomic E-state index is 12.2. The smallest absolute Gasteiger partial charge is 0.407 e. The molecule has 4 aliphatic heterocycles. The fourth-order valence-electron chi connectivity index (χ4n) is 7.89. The number of amides is 3. The zero-order valence-electron chi connectivity index (χ0n) is 31.9. The number of carbonyl (C=O) groups is 3. The Hall–Kier alpha value is -5.29. The Kier molecular flexibility index (Phi) is 10.4. The summed E-state index contributed by atoms with van der Waals surface area (Å²) in [7, 11) is 0. The number of nitrogens with one attached hydrogen (secondary N) is 3. The number of anilines is 1. The monoisotopic (exact) mass is 729 g/mol. The van der Waals surface area contributed by atoms with E-state index in [0.29, 0.717) is 25.3 Å². The van der Waals surface area contributed by atoms with E-state index in [-0.39, 0.29) is 17.9 Å². The molecule has 54 heavy (non-hydrogen) atoms. The first-order valence-corrected chi connectivity index (χ1v) is 19.0. The molecule has 3 amide bonds. The van der Waals surface area contributed by atoms with Gasteiger partial charge in [0.25, 0.3) is 0 Å². The highest BCUT2D eigenvalue weighted by Crippen LogP contribution is 2.41. The molecular weight excluding hydrogens is 679 g/mol. The van der Waals surface area contributed by atoms with E-state index in [2.05, 4.69) is 101 Å². The summed E-state index contributed by atoms with van der Waals surface area (Å²) in [6, 6.07) is 23.3. The lowest BCUT2D eigenvalue weighted by atomic mass is 9.84. The molecule has 11 heteroatoms. The van der Waals surface area contributed by atoms with Gasteiger partial charge in [-0.25, -0.2) is 9.79 Å². The van der Waals surface area contributed by atoms with Crippen LogP contribution >= 0.6 is 0 Å². The zero-order valence-corrected chi connectivity index (χ0v) is 31.9. The SMILES string of the molecule is Cc1cc(C2=NC=NN3C=C(c4ccc(CN5CCC(c6ccc(NC7CCC(=O)NC7=O)cc6)CC5)cc4)CC23C)ccc1CNC(=O)OC(C)(C)C. The van der Waals surface area contributed by atoms with E-state index in [9.17, 15) is 14.4 Å². The van der Waals surface area contributed by atoms with Crippen molar-refractivity contribution in [1.82, 2.24) is 20.5 Å². The lowest BCUT2D eigenvalue weighted by Gasteiger charge is -2.36. The van der Waals surface area contributed by atoms with Crippen LogP contribution < -0.4 is 16.0 Å². The summed E-state index contributed by atoms with van der Waals surface area (Å²) in [4.78, 5) is 43.1. The van der Waals surface area contributed by atoms with E-state index in [0.717, 1.165) is 67.0 Å². The molecule has 2 unspecified atom stereocenters. The number of piperidine rings is 2. The molecule has 0 radical (unpaired) electrons. The third-order valence-electron chi connectivity index (χ3n) is 10.9. The summed E-state index contributed by atoms with van der Waals surface area (Å²) < 4.78 is 5.39. The van der Waals surface area contributed by atoms with E-state index in [4.69, 9.17) is 9.73 Å². The van der Waals surface area contributed by atoms with E-state index in [1.165, 1.54) is 22.3 Å². The number of rotatable bonds is 9. The normalized spacial score (nSPS) is 21.9. The van der Waals surface area contributed by atoms with Gasteiger partial charge in [0.15, 0.2) is 0 Å². The molecule has 3 N–H and O–H groups in total. The van der Waals surface area contributed by atoms with Gasteiger partial charge >= 0.3 is 6.09 Å². The van der Waals surface area contributed by atoms with Crippen LogP contribution in [0.1, 0.15) is 99.1 Å². The fourth-order valence-corrected chi connectivity index (χ4v) is 7.89. The highest BCUT2D eigenvalue weighted by molar-refractivity contribution is 6.12. The van der Waals surface area contributed by atoms with Gasteiger partial charge in [0.2, 0.25) is 11.8 Å². The van der Waals surface area contributed by atoms with Crippen LogP contribution in [-0.4, -0.2) is 70.1 Å². The highest BCUT2D eigenvalue weighted by Gasteiger charge is 2.44. The van der Waals surface area contributed by atoms with Crippen LogP contribution in [0.2, 0.25) is 0 Å². The average Bonchev–Trinajstić information content (AvgIpc) is 3.50. The first-order chi connectivity index (χ1) is 25.8. The van der Waals surface area contributed by atoms with Crippen molar-refractivity contribution in [3.63, 3.8) is 0 Å². The van der Waals surface area contributed by atoms with Gasteiger partial charge in [-0.3, -0.25) is 24.8 Å². The zero-order chi connectivity index (χ0) is 38.0. The van der Waals surface area contributed by atoms with Crippen LogP contribution in [0, 0.1) is 6.92 Å². The number of hydrogen-bond donors (Lipinski definition) is 3. The molecule has 0 bridgehead atoms. The molecule has 3 aromatic carbocycles. The van der Waals surface area contributed by atoms with Gasteiger partial charge in [-0.2, -0.15) is 5.10 Å². The number of carbonyl (C=O) groups excluding carboxylic acids is 3. The molecule has 0 aliphatic carbocycles. The van der Waals surface area contributed by atoms with Crippen molar-refractivity contribution in [2.24, 2.45) is 10.1 Å². The molecule has 2 atom stereocenters. The van der Waals surface area contributed by atoms with Crippen molar-refractivity contribution in [2.45, 2.75) is 103 Å². The second-order valence-electron chi connectivity index (χ2n) is 16.2. The average molecular weight is 730 g/mol. The number of aryl methyl sites for hydroxylation is 1. The summed E-state index contributed by atoms with van der Waals surface area (Å²) in [5.41, 5.74) is 9.12. The number of imide groups is 1. The molecule has 11 nitrogen and oxygen atoms in total. The lowest BCUT2D eigenvalue weighted by molar-refractivity contribution is -0.133. The molecule has 2 saturated heterocycles. The Bertz CT molecular complexity index is 1990. The van der Waals surface area contributed by atoms with Crippen molar-refractivity contribution in [2.75, 3.05) is 18.4 Å². The van der Waals surface area contributed by atoms with Gasteiger partial charge < -0.3 is 15.4 Å². The van der Waals surface area contributed by atoms with Crippen molar-refractivity contribution in [1.29, 1.82) is 0 Å². The Balaban J connectivity index is 0.911. The van der Waals surface area contributed by atoms with E-state index < -0.39 is 17.2 Å². The molecular formula is C43H51N7O4. The number of hydrazone groups is 1. The molecule has 0 aromatic heterocycles. The quantitative estimate of drug-likeness (QED) is 0.205.